The molecule has 1 aromatic heterocycles. The predicted octanol–water partition coefficient (Wildman–Crippen LogP) is 3.19. The molecule has 2 heterocycles. The molecule has 0 radical (unpaired) electrons. The number of nitrogens with zero attached hydrogens (tertiary/aromatic N) is 2. The van der Waals surface area contributed by atoms with E-state index in [0.717, 1.165) is 25.3 Å². The van der Waals surface area contributed by atoms with Crippen molar-refractivity contribution in [3.8, 4) is 0 Å². The Kier molecular flexibility index (Phi) is 4.33. The summed E-state index contributed by atoms with van der Waals surface area (Å²) in [5.41, 5.74) is 1.63. The van der Waals surface area contributed by atoms with Gasteiger partial charge in [0, 0.05) is 35.2 Å². The van der Waals surface area contributed by atoms with Crippen LogP contribution in [0.2, 0.25) is 0 Å². The third-order valence-electron chi connectivity index (χ3n) is 4.59. The van der Waals surface area contributed by atoms with E-state index in [9.17, 15) is 0 Å². The fourth-order valence-electron chi connectivity index (χ4n) is 2.78. The van der Waals surface area contributed by atoms with Crippen molar-refractivity contribution in [1.29, 1.82) is 0 Å². The standard InChI is InChI=1S/C15H27N3S/c1-6-15(7-2)11-18(14(4,5)10-16-15)8-13-17-12(3)9-19-13/h9,16H,6-8,10-11H2,1-5H3. The van der Waals surface area contributed by atoms with Crippen LogP contribution in [-0.2, 0) is 6.54 Å². The van der Waals surface area contributed by atoms with Gasteiger partial charge >= 0.3 is 0 Å². The van der Waals surface area contributed by atoms with Crippen molar-refractivity contribution >= 4 is 11.3 Å². The van der Waals surface area contributed by atoms with Gasteiger partial charge in [-0.3, -0.25) is 4.90 Å². The van der Waals surface area contributed by atoms with Crippen LogP contribution < -0.4 is 5.32 Å². The maximum atomic E-state index is 4.63. The summed E-state index contributed by atoms with van der Waals surface area (Å²) in [6.07, 6.45) is 2.37. The lowest BCUT2D eigenvalue weighted by Crippen LogP contribution is -2.67. The maximum Gasteiger partial charge on any atom is 0.107 e. The number of hydrogen-bond donors (Lipinski definition) is 1. The van der Waals surface area contributed by atoms with Gasteiger partial charge in [-0.1, -0.05) is 13.8 Å². The van der Waals surface area contributed by atoms with Gasteiger partial charge in [-0.2, -0.15) is 0 Å². The van der Waals surface area contributed by atoms with E-state index in [4.69, 9.17) is 0 Å². The molecule has 1 aromatic rings. The number of nitrogens with one attached hydrogen (secondary N) is 1. The Morgan fingerprint density at radius 3 is 2.58 bits per heavy atom. The molecule has 0 amide bonds. The molecule has 0 bridgehead atoms. The highest BCUT2D eigenvalue weighted by atomic mass is 32.1. The van der Waals surface area contributed by atoms with Gasteiger partial charge in [0.05, 0.1) is 6.54 Å². The molecule has 108 valence electrons. The first kappa shape index (κ1) is 14.9. The highest BCUT2D eigenvalue weighted by molar-refractivity contribution is 7.09. The first-order valence-electron chi connectivity index (χ1n) is 7.32. The Morgan fingerprint density at radius 2 is 2.05 bits per heavy atom. The molecule has 1 fully saturated rings. The molecule has 0 aliphatic carbocycles. The van der Waals surface area contributed by atoms with E-state index < -0.39 is 0 Å². The Morgan fingerprint density at radius 1 is 1.37 bits per heavy atom. The van der Waals surface area contributed by atoms with Gasteiger partial charge in [-0.15, -0.1) is 11.3 Å². The zero-order valence-corrected chi connectivity index (χ0v) is 13.7. The number of aromatic nitrogens is 1. The first-order valence-corrected chi connectivity index (χ1v) is 8.20. The minimum atomic E-state index is 0.202. The average molecular weight is 281 g/mol. The summed E-state index contributed by atoms with van der Waals surface area (Å²) in [5, 5.41) is 7.18. The van der Waals surface area contributed by atoms with Gasteiger partial charge in [-0.05, 0) is 33.6 Å². The van der Waals surface area contributed by atoms with Gasteiger partial charge < -0.3 is 5.32 Å². The van der Waals surface area contributed by atoms with Crippen LogP contribution in [0.5, 0.6) is 0 Å². The van der Waals surface area contributed by atoms with Gasteiger partial charge in [0.25, 0.3) is 0 Å². The minimum absolute atomic E-state index is 0.202. The van der Waals surface area contributed by atoms with E-state index in [0.29, 0.717) is 0 Å². The zero-order valence-electron chi connectivity index (χ0n) is 12.9. The van der Waals surface area contributed by atoms with Crippen LogP contribution in [0.4, 0.5) is 0 Å². The maximum absolute atomic E-state index is 4.63. The molecule has 1 N–H and O–H groups in total. The van der Waals surface area contributed by atoms with E-state index in [2.05, 4.69) is 55.2 Å². The van der Waals surface area contributed by atoms with Crippen molar-refractivity contribution in [2.24, 2.45) is 0 Å². The normalized spacial score (nSPS) is 22.6. The van der Waals surface area contributed by atoms with Crippen LogP contribution >= 0.6 is 11.3 Å². The molecule has 19 heavy (non-hydrogen) atoms. The second-order valence-corrected chi connectivity index (χ2v) is 7.33. The number of rotatable bonds is 4. The van der Waals surface area contributed by atoms with E-state index in [1.165, 1.54) is 17.8 Å². The van der Waals surface area contributed by atoms with Gasteiger partial charge in [0.1, 0.15) is 5.01 Å². The molecule has 1 saturated heterocycles. The van der Waals surface area contributed by atoms with E-state index in [1.807, 2.05) is 0 Å². The summed E-state index contributed by atoms with van der Waals surface area (Å²) in [5.74, 6) is 0. The Bertz CT molecular complexity index is 421. The monoisotopic (exact) mass is 281 g/mol. The molecule has 0 aromatic carbocycles. The van der Waals surface area contributed by atoms with Crippen LogP contribution in [0.25, 0.3) is 0 Å². The summed E-state index contributed by atoms with van der Waals surface area (Å²) in [7, 11) is 0. The molecule has 0 spiro atoms. The van der Waals surface area contributed by atoms with Gasteiger partial charge in [0.2, 0.25) is 0 Å². The molecule has 1 aliphatic rings. The van der Waals surface area contributed by atoms with Crippen molar-refractivity contribution < 1.29 is 0 Å². The highest BCUT2D eigenvalue weighted by Gasteiger charge is 2.40. The Balaban J connectivity index is 2.14. The molecule has 0 atom stereocenters. The van der Waals surface area contributed by atoms with Crippen molar-refractivity contribution in [2.75, 3.05) is 13.1 Å². The number of thiazole rings is 1. The van der Waals surface area contributed by atoms with Gasteiger partial charge in [-0.25, -0.2) is 4.98 Å². The molecular formula is C15H27N3S. The first-order chi connectivity index (χ1) is 8.91. The lowest BCUT2D eigenvalue weighted by molar-refractivity contribution is 0.0161. The fourth-order valence-corrected chi connectivity index (χ4v) is 3.57. The van der Waals surface area contributed by atoms with Crippen molar-refractivity contribution in [2.45, 2.75) is 65.1 Å². The SMILES string of the molecule is CCC1(CC)CN(Cc2nc(C)cs2)C(C)(C)CN1. The van der Waals surface area contributed by atoms with Crippen LogP contribution in [0.1, 0.15) is 51.2 Å². The van der Waals surface area contributed by atoms with Crippen LogP contribution in [0.3, 0.4) is 0 Å². The van der Waals surface area contributed by atoms with Crippen molar-refractivity contribution in [1.82, 2.24) is 15.2 Å². The average Bonchev–Trinajstić information content (AvgIpc) is 2.78. The summed E-state index contributed by atoms with van der Waals surface area (Å²) in [4.78, 5) is 7.23. The molecule has 2 rings (SSSR count). The van der Waals surface area contributed by atoms with Gasteiger partial charge in [0.15, 0.2) is 0 Å². The molecule has 4 heteroatoms. The largest absolute Gasteiger partial charge is 0.308 e. The third-order valence-corrected chi connectivity index (χ3v) is 5.54. The van der Waals surface area contributed by atoms with Crippen molar-refractivity contribution in [3.63, 3.8) is 0 Å². The Hall–Kier alpha value is -0.450. The summed E-state index contributed by atoms with van der Waals surface area (Å²) < 4.78 is 0. The number of aryl methyl sites for hydroxylation is 1. The predicted molar refractivity (Wildman–Crippen MR) is 82.7 cm³/mol. The van der Waals surface area contributed by atoms with Crippen LogP contribution in [0, 0.1) is 6.92 Å². The smallest absolute Gasteiger partial charge is 0.107 e. The Labute approximate surface area is 121 Å². The minimum Gasteiger partial charge on any atom is -0.308 e. The summed E-state index contributed by atoms with van der Waals surface area (Å²) in [6.45, 7) is 14.5. The number of piperazine rings is 1. The molecular weight excluding hydrogens is 254 g/mol. The second kappa shape index (κ2) is 5.51. The summed E-state index contributed by atoms with van der Waals surface area (Å²) in [6, 6.07) is 0. The third kappa shape index (κ3) is 3.18. The van der Waals surface area contributed by atoms with E-state index >= 15 is 0 Å². The zero-order chi connectivity index (χ0) is 14.1. The lowest BCUT2D eigenvalue weighted by Gasteiger charge is -2.51. The van der Waals surface area contributed by atoms with Crippen molar-refractivity contribution in [3.05, 3.63) is 16.1 Å². The fraction of sp³-hybridized carbons (Fsp3) is 0.800. The molecule has 1 aliphatic heterocycles. The van der Waals surface area contributed by atoms with Crippen LogP contribution in [-0.4, -0.2) is 34.1 Å². The highest BCUT2D eigenvalue weighted by Crippen LogP contribution is 2.29. The number of hydrogen-bond acceptors (Lipinski definition) is 4. The second-order valence-electron chi connectivity index (χ2n) is 6.39. The summed E-state index contributed by atoms with van der Waals surface area (Å²) >= 11 is 1.79. The quantitative estimate of drug-likeness (QED) is 0.918. The molecule has 3 nitrogen and oxygen atoms in total. The molecule has 0 unspecified atom stereocenters. The molecule has 0 saturated carbocycles. The van der Waals surface area contributed by atoms with E-state index in [-0.39, 0.29) is 11.1 Å². The lowest BCUT2D eigenvalue weighted by atomic mass is 9.85. The topological polar surface area (TPSA) is 28.2 Å². The van der Waals surface area contributed by atoms with Crippen LogP contribution in [0.15, 0.2) is 5.38 Å². The van der Waals surface area contributed by atoms with E-state index in [1.54, 1.807) is 11.3 Å².